The molecule has 18 heavy (non-hydrogen) atoms. The third-order valence-corrected chi connectivity index (χ3v) is 3.52. The van der Waals surface area contributed by atoms with Crippen molar-refractivity contribution in [1.82, 2.24) is 0 Å². The maximum Gasteiger partial charge on any atom is 0.326 e. The summed E-state index contributed by atoms with van der Waals surface area (Å²) in [4.78, 5) is 11.4. The molecule has 0 spiro atoms. The molecule has 0 saturated carbocycles. The van der Waals surface area contributed by atoms with Crippen LogP contribution in [0.25, 0.3) is 0 Å². The van der Waals surface area contributed by atoms with Gasteiger partial charge in [-0.05, 0) is 30.9 Å². The minimum absolute atomic E-state index is 0.0764. The summed E-state index contributed by atoms with van der Waals surface area (Å²) in [6.07, 6.45) is 1.52. The number of halogens is 1. The number of hydrogen-bond donors (Lipinski definition) is 2. The lowest BCUT2D eigenvalue weighted by Gasteiger charge is -2.29. The number of ether oxygens (including phenoxy) is 1. The molecule has 1 aliphatic rings. The maximum atomic E-state index is 11.4. The van der Waals surface area contributed by atoms with Crippen molar-refractivity contribution in [3.05, 3.63) is 29.3 Å². The highest BCUT2D eigenvalue weighted by Crippen LogP contribution is 2.26. The fourth-order valence-corrected chi connectivity index (χ4v) is 2.37. The van der Waals surface area contributed by atoms with E-state index in [9.17, 15) is 9.90 Å². The molecule has 1 atom stereocenters. The summed E-state index contributed by atoms with van der Waals surface area (Å²) in [6.45, 7) is 1.25. The Morgan fingerprint density at radius 2 is 2.06 bits per heavy atom. The average molecular weight is 270 g/mol. The molecule has 1 aromatic rings. The first-order valence-electron chi connectivity index (χ1n) is 6.00. The summed E-state index contributed by atoms with van der Waals surface area (Å²) in [5.41, 5.74) is 0.665. The number of carbonyl (C=O) groups is 1. The lowest BCUT2D eigenvalue weighted by Crippen LogP contribution is -2.39. The van der Waals surface area contributed by atoms with Crippen LogP contribution < -0.4 is 5.32 Å². The van der Waals surface area contributed by atoms with Crippen LogP contribution >= 0.6 is 11.6 Å². The van der Waals surface area contributed by atoms with E-state index in [1.807, 2.05) is 12.1 Å². The number of carboxylic acid groups (broad SMARTS) is 1. The van der Waals surface area contributed by atoms with E-state index in [2.05, 4.69) is 5.32 Å². The zero-order valence-corrected chi connectivity index (χ0v) is 10.7. The van der Waals surface area contributed by atoms with Gasteiger partial charge in [0.25, 0.3) is 0 Å². The Hall–Kier alpha value is -1.26. The molecular weight excluding hydrogens is 254 g/mol. The van der Waals surface area contributed by atoms with Gasteiger partial charge in [0.15, 0.2) is 0 Å². The maximum absolute atomic E-state index is 11.4. The minimum Gasteiger partial charge on any atom is -0.480 e. The van der Waals surface area contributed by atoms with Crippen molar-refractivity contribution in [3.8, 4) is 0 Å². The van der Waals surface area contributed by atoms with Crippen LogP contribution in [0.4, 0.5) is 5.69 Å². The summed E-state index contributed by atoms with van der Waals surface area (Å²) in [7, 11) is 0. The number of nitrogens with one attached hydrogen (secondary N) is 1. The second-order valence-corrected chi connectivity index (χ2v) is 4.80. The largest absolute Gasteiger partial charge is 0.480 e. The summed E-state index contributed by atoms with van der Waals surface area (Å²) >= 11 is 6.03. The molecule has 98 valence electrons. The monoisotopic (exact) mass is 269 g/mol. The van der Waals surface area contributed by atoms with Crippen LogP contribution in [-0.2, 0) is 9.53 Å². The molecule has 1 fully saturated rings. The molecule has 0 aromatic heterocycles. The van der Waals surface area contributed by atoms with Crippen molar-refractivity contribution in [2.75, 3.05) is 18.5 Å². The topological polar surface area (TPSA) is 58.6 Å². The van der Waals surface area contributed by atoms with E-state index in [0.29, 0.717) is 23.9 Å². The van der Waals surface area contributed by atoms with Crippen molar-refractivity contribution in [3.63, 3.8) is 0 Å². The quantitative estimate of drug-likeness (QED) is 0.882. The van der Waals surface area contributed by atoms with Crippen molar-refractivity contribution >= 4 is 23.3 Å². The summed E-state index contributed by atoms with van der Waals surface area (Å²) in [6, 6.07) is 6.56. The van der Waals surface area contributed by atoms with Crippen LogP contribution in [0.3, 0.4) is 0 Å². The molecule has 2 N–H and O–H groups in total. The fourth-order valence-electron chi connectivity index (χ4n) is 2.18. The van der Waals surface area contributed by atoms with Crippen LogP contribution in [0.5, 0.6) is 0 Å². The third-order valence-electron chi connectivity index (χ3n) is 3.19. The van der Waals surface area contributed by atoms with Gasteiger partial charge in [0.1, 0.15) is 6.04 Å². The fraction of sp³-hybridized carbons (Fsp3) is 0.462. The Kier molecular flexibility index (Phi) is 4.44. The standard InChI is InChI=1S/C13H16ClNO3/c14-10-3-1-2-4-11(10)15-12(13(16)17)9-5-7-18-8-6-9/h1-4,9,12,15H,5-8H2,(H,16,17). The average Bonchev–Trinajstić information content (AvgIpc) is 2.38. The molecule has 1 saturated heterocycles. The van der Waals surface area contributed by atoms with Crippen molar-refractivity contribution in [1.29, 1.82) is 0 Å². The lowest BCUT2D eigenvalue weighted by molar-refractivity contribution is -0.140. The van der Waals surface area contributed by atoms with E-state index in [1.165, 1.54) is 0 Å². The molecule has 1 heterocycles. The van der Waals surface area contributed by atoms with Crippen LogP contribution in [0.1, 0.15) is 12.8 Å². The van der Waals surface area contributed by atoms with Gasteiger partial charge in [-0.25, -0.2) is 4.79 Å². The van der Waals surface area contributed by atoms with Crippen LogP contribution in [0, 0.1) is 5.92 Å². The van der Waals surface area contributed by atoms with Crippen LogP contribution in [0.2, 0.25) is 5.02 Å². The Bertz CT molecular complexity index is 418. The van der Waals surface area contributed by atoms with Gasteiger partial charge in [-0.15, -0.1) is 0 Å². The van der Waals surface area contributed by atoms with Crippen molar-refractivity contribution in [2.24, 2.45) is 5.92 Å². The number of aliphatic carboxylic acids is 1. The molecule has 1 unspecified atom stereocenters. The Labute approximate surface area is 111 Å². The SMILES string of the molecule is O=C(O)C(Nc1ccccc1Cl)C1CCOCC1. The molecule has 1 aliphatic heterocycles. The van der Waals surface area contributed by atoms with E-state index in [1.54, 1.807) is 12.1 Å². The molecule has 0 aliphatic carbocycles. The van der Waals surface area contributed by atoms with E-state index in [-0.39, 0.29) is 5.92 Å². The number of anilines is 1. The van der Waals surface area contributed by atoms with Crippen LogP contribution in [-0.4, -0.2) is 30.3 Å². The van der Waals surface area contributed by atoms with Crippen molar-refractivity contribution < 1.29 is 14.6 Å². The lowest BCUT2D eigenvalue weighted by atomic mass is 9.91. The Morgan fingerprint density at radius 3 is 2.67 bits per heavy atom. The van der Waals surface area contributed by atoms with Gasteiger partial charge in [-0.1, -0.05) is 23.7 Å². The number of hydrogen-bond acceptors (Lipinski definition) is 3. The number of rotatable bonds is 4. The highest BCUT2D eigenvalue weighted by molar-refractivity contribution is 6.33. The number of carboxylic acids is 1. The van der Waals surface area contributed by atoms with Crippen molar-refractivity contribution in [2.45, 2.75) is 18.9 Å². The normalized spacial score (nSPS) is 18.3. The first-order chi connectivity index (χ1) is 8.68. The third kappa shape index (κ3) is 3.15. The smallest absolute Gasteiger partial charge is 0.326 e. The molecule has 5 heteroatoms. The molecular formula is C13H16ClNO3. The van der Waals surface area contributed by atoms with E-state index in [4.69, 9.17) is 16.3 Å². The highest BCUT2D eigenvalue weighted by atomic mass is 35.5. The van der Waals surface area contributed by atoms with Gasteiger partial charge >= 0.3 is 5.97 Å². The molecule has 2 rings (SSSR count). The predicted octanol–water partition coefficient (Wildman–Crippen LogP) is 2.63. The summed E-state index contributed by atoms with van der Waals surface area (Å²) in [5, 5.41) is 12.9. The Morgan fingerprint density at radius 1 is 1.39 bits per heavy atom. The van der Waals surface area contributed by atoms with E-state index < -0.39 is 12.0 Å². The first kappa shape index (κ1) is 13.2. The van der Waals surface area contributed by atoms with Gasteiger partial charge < -0.3 is 15.2 Å². The molecule has 0 bridgehead atoms. The first-order valence-corrected chi connectivity index (χ1v) is 6.38. The molecule has 0 amide bonds. The zero-order valence-electron chi connectivity index (χ0n) is 9.93. The second kappa shape index (κ2) is 6.07. The van der Waals surface area contributed by atoms with Gasteiger partial charge in [0.05, 0.1) is 10.7 Å². The number of benzene rings is 1. The van der Waals surface area contributed by atoms with Gasteiger partial charge in [0, 0.05) is 13.2 Å². The van der Waals surface area contributed by atoms with Crippen LogP contribution in [0.15, 0.2) is 24.3 Å². The molecule has 0 radical (unpaired) electrons. The predicted molar refractivity (Wildman–Crippen MR) is 70.0 cm³/mol. The van der Waals surface area contributed by atoms with E-state index in [0.717, 1.165) is 12.8 Å². The summed E-state index contributed by atoms with van der Waals surface area (Å²) < 4.78 is 5.26. The van der Waals surface area contributed by atoms with Gasteiger partial charge in [-0.2, -0.15) is 0 Å². The molecule has 4 nitrogen and oxygen atoms in total. The summed E-state index contributed by atoms with van der Waals surface area (Å²) in [5.74, 6) is -0.769. The van der Waals surface area contributed by atoms with E-state index >= 15 is 0 Å². The second-order valence-electron chi connectivity index (χ2n) is 4.39. The Balaban J connectivity index is 2.11. The van der Waals surface area contributed by atoms with Gasteiger partial charge in [0.2, 0.25) is 0 Å². The van der Waals surface area contributed by atoms with Gasteiger partial charge in [-0.3, -0.25) is 0 Å². The highest BCUT2D eigenvalue weighted by Gasteiger charge is 2.29. The minimum atomic E-state index is -0.846. The zero-order chi connectivity index (χ0) is 13.0. The number of para-hydroxylation sites is 1. The molecule has 1 aromatic carbocycles.